The highest BCUT2D eigenvalue weighted by Gasteiger charge is 2.25. The third kappa shape index (κ3) is 2.52. The van der Waals surface area contributed by atoms with E-state index in [1.807, 2.05) is 18.2 Å². The van der Waals surface area contributed by atoms with Gasteiger partial charge < -0.3 is 9.73 Å². The Morgan fingerprint density at radius 3 is 3.04 bits per heavy atom. The number of aryl methyl sites for hydroxylation is 1. The molecule has 0 aromatic carbocycles. The van der Waals surface area contributed by atoms with Crippen molar-refractivity contribution in [2.45, 2.75) is 25.3 Å². The fraction of sp³-hybridized carbons (Fsp3) is 0.235. The van der Waals surface area contributed by atoms with Crippen LogP contribution in [0.5, 0.6) is 0 Å². The number of carbonyl (C=O) groups excluding carboxylic acids is 1. The lowest BCUT2D eigenvalue weighted by Crippen LogP contribution is -2.30. The van der Waals surface area contributed by atoms with E-state index in [4.69, 9.17) is 4.42 Å². The quantitative estimate of drug-likeness (QED) is 0.779. The highest BCUT2D eigenvalue weighted by atomic mass is 16.3. The number of carbonyl (C=O) groups is 1. The van der Waals surface area contributed by atoms with Gasteiger partial charge in [0.2, 0.25) is 0 Å². The van der Waals surface area contributed by atoms with Crippen molar-refractivity contribution >= 4 is 5.91 Å². The number of aromatic nitrogens is 3. The van der Waals surface area contributed by atoms with Crippen LogP contribution in [0.3, 0.4) is 0 Å². The first-order valence-corrected chi connectivity index (χ1v) is 7.64. The Labute approximate surface area is 132 Å². The van der Waals surface area contributed by atoms with Gasteiger partial charge in [0.15, 0.2) is 0 Å². The van der Waals surface area contributed by atoms with Gasteiger partial charge in [-0.15, -0.1) is 0 Å². The van der Waals surface area contributed by atoms with E-state index in [1.165, 1.54) is 0 Å². The Kier molecular flexibility index (Phi) is 3.42. The maximum atomic E-state index is 12.7. The lowest BCUT2D eigenvalue weighted by molar-refractivity contribution is 0.0933. The number of aromatic amines is 1. The summed E-state index contributed by atoms with van der Waals surface area (Å²) in [6.45, 7) is 0. The minimum atomic E-state index is -0.135. The fourth-order valence-corrected chi connectivity index (χ4v) is 3.07. The van der Waals surface area contributed by atoms with Crippen LogP contribution in [0.2, 0.25) is 0 Å². The smallest absolute Gasteiger partial charge is 0.255 e. The van der Waals surface area contributed by atoms with Crippen LogP contribution in [0.1, 0.15) is 40.6 Å². The molecule has 0 saturated heterocycles. The number of nitrogens with zero attached hydrogens (tertiary/aromatic N) is 2. The summed E-state index contributed by atoms with van der Waals surface area (Å²) in [7, 11) is 0. The summed E-state index contributed by atoms with van der Waals surface area (Å²) >= 11 is 0. The van der Waals surface area contributed by atoms with Crippen molar-refractivity contribution in [1.82, 2.24) is 20.5 Å². The molecule has 6 nitrogen and oxygen atoms in total. The molecule has 116 valence electrons. The molecule has 0 aliphatic heterocycles. The first-order chi connectivity index (χ1) is 11.3. The number of amides is 1. The summed E-state index contributed by atoms with van der Waals surface area (Å²) in [5.74, 6) is 0.840. The van der Waals surface area contributed by atoms with Crippen LogP contribution in [-0.4, -0.2) is 21.1 Å². The van der Waals surface area contributed by atoms with E-state index in [9.17, 15) is 4.79 Å². The third-order valence-corrected chi connectivity index (χ3v) is 4.21. The number of fused-ring (bicyclic) bond motifs is 1. The van der Waals surface area contributed by atoms with Crippen molar-refractivity contribution in [2.75, 3.05) is 0 Å². The molecule has 1 aliphatic carbocycles. The van der Waals surface area contributed by atoms with Crippen molar-refractivity contribution in [3.8, 4) is 11.3 Å². The standard InChI is InChI=1S/C17H16N4O2/c22-17(20-14-2-1-3-15-12(14)6-9-23-15)13-10-19-21-16(13)11-4-7-18-8-5-11/h4-10,14H,1-3H2,(H,19,21)(H,20,22)/t14-/m0/s1. The van der Waals surface area contributed by atoms with Crippen molar-refractivity contribution in [3.63, 3.8) is 0 Å². The summed E-state index contributed by atoms with van der Waals surface area (Å²) < 4.78 is 5.47. The molecular formula is C17H16N4O2. The van der Waals surface area contributed by atoms with Gasteiger partial charge in [-0.1, -0.05) is 0 Å². The second-order valence-electron chi connectivity index (χ2n) is 5.61. The maximum Gasteiger partial charge on any atom is 0.255 e. The molecule has 0 spiro atoms. The molecule has 1 amide bonds. The summed E-state index contributed by atoms with van der Waals surface area (Å²) in [6, 6.07) is 5.63. The van der Waals surface area contributed by atoms with Crippen LogP contribution in [0.15, 0.2) is 47.5 Å². The van der Waals surface area contributed by atoms with E-state index in [0.717, 1.165) is 36.1 Å². The van der Waals surface area contributed by atoms with E-state index >= 15 is 0 Å². The van der Waals surface area contributed by atoms with Gasteiger partial charge in [-0.25, -0.2) is 0 Å². The van der Waals surface area contributed by atoms with Crippen molar-refractivity contribution < 1.29 is 9.21 Å². The Balaban J connectivity index is 1.59. The minimum absolute atomic E-state index is 0.00908. The largest absolute Gasteiger partial charge is 0.469 e. The van der Waals surface area contributed by atoms with E-state index in [2.05, 4.69) is 20.5 Å². The molecule has 0 unspecified atom stereocenters. The second-order valence-corrected chi connectivity index (χ2v) is 5.61. The van der Waals surface area contributed by atoms with Gasteiger partial charge in [0, 0.05) is 29.9 Å². The molecule has 6 heteroatoms. The molecule has 3 heterocycles. The normalized spacial score (nSPS) is 16.8. The highest BCUT2D eigenvalue weighted by Crippen LogP contribution is 2.31. The Morgan fingerprint density at radius 2 is 2.17 bits per heavy atom. The monoisotopic (exact) mass is 308 g/mol. The molecule has 1 aliphatic rings. The third-order valence-electron chi connectivity index (χ3n) is 4.21. The van der Waals surface area contributed by atoms with Gasteiger partial charge in [-0.05, 0) is 31.0 Å². The number of hydrogen-bond donors (Lipinski definition) is 2. The molecule has 0 saturated carbocycles. The van der Waals surface area contributed by atoms with Crippen LogP contribution in [0, 0.1) is 0 Å². The number of H-pyrrole nitrogens is 1. The fourth-order valence-electron chi connectivity index (χ4n) is 3.07. The number of furan rings is 1. The Bertz CT molecular complexity index is 822. The highest BCUT2D eigenvalue weighted by molar-refractivity contribution is 5.99. The number of hydrogen-bond acceptors (Lipinski definition) is 4. The predicted octanol–water partition coefficient (Wildman–Crippen LogP) is 2.87. The molecule has 0 bridgehead atoms. The molecule has 0 fully saturated rings. The van der Waals surface area contributed by atoms with E-state index in [0.29, 0.717) is 11.3 Å². The second kappa shape index (κ2) is 5.72. The molecule has 0 radical (unpaired) electrons. The van der Waals surface area contributed by atoms with Gasteiger partial charge >= 0.3 is 0 Å². The zero-order chi connectivity index (χ0) is 15.6. The lowest BCUT2D eigenvalue weighted by Gasteiger charge is -2.22. The van der Waals surface area contributed by atoms with Gasteiger partial charge in [0.1, 0.15) is 5.76 Å². The predicted molar refractivity (Wildman–Crippen MR) is 83.7 cm³/mol. The van der Waals surface area contributed by atoms with Crippen molar-refractivity contribution in [3.05, 3.63) is 59.9 Å². The van der Waals surface area contributed by atoms with E-state index in [1.54, 1.807) is 24.9 Å². The molecule has 3 aromatic heterocycles. The summed E-state index contributed by atoms with van der Waals surface area (Å²) in [5, 5.41) is 10.0. The number of pyridine rings is 1. The topological polar surface area (TPSA) is 83.8 Å². The first kappa shape index (κ1) is 13.8. The molecule has 1 atom stereocenters. The maximum absolute atomic E-state index is 12.7. The van der Waals surface area contributed by atoms with E-state index < -0.39 is 0 Å². The van der Waals surface area contributed by atoms with Gasteiger partial charge in [0.25, 0.3) is 5.91 Å². The molecule has 3 aromatic rings. The Hall–Kier alpha value is -2.89. The summed E-state index contributed by atoms with van der Waals surface area (Å²) in [5.41, 5.74) is 3.20. The summed E-state index contributed by atoms with van der Waals surface area (Å²) in [6.07, 6.45) is 9.49. The van der Waals surface area contributed by atoms with Crippen LogP contribution >= 0.6 is 0 Å². The van der Waals surface area contributed by atoms with Crippen molar-refractivity contribution in [2.24, 2.45) is 0 Å². The van der Waals surface area contributed by atoms with E-state index in [-0.39, 0.29) is 11.9 Å². The Morgan fingerprint density at radius 1 is 1.30 bits per heavy atom. The lowest BCUT2D eigenvalue weighted by atomic mass is 9.93. The van der Waals surface area contributed by atoms with Crippen LogP contribution in [0.25, 0.3) is 11.3 Å². The molecular weight excluding hydrogens is 292 g/mol. The molecule has 23 heavy (non-hydrogen) atoms. The summed E-state index contributed by atoms with van der Waals surface area (Å²) in [4.78, 5) is 16.7. The number of nitrogens with one attached hydrogen (secondary N) is 2. The van der Waals surface area contributed by atoms with Crippen LogP contribution in [-0.2, 0) is 6.42 Å². The first-order valence-electron chi connectivity index (χ1n) is 7.64. The average Bonchev–Trinajstić information content (AvgIpc) is 3.25. The van der Waals surface area contributed by atoms with Crippen LogP contribution < -0.4 is 5.32 Å². The zero-order valence-electron chi connectivity index (χ0n) is 12.5. The zero-order valence-corrected chi connectivity index (χ0v) is 12.5. The number of rotatable bonds is 3. The van der Waals surface area contributed by atoms with Crippen LogP contribution in [0.4, 0.5) is 0 Å². The molecule has 2 N–H and O–H groups in total. The van der Waals surface area contributed by atoms with Gasteiger partial charge in [0.05, 0.1) is 29.8 Å². The molecule has 4 rings (SSSR count). The SMILES string of the molecule is O=C(N[C@H]1CCCc2occc21)c1cn[nH]c1-c1ccncc1. The van der Waals surface area contributed by atoms with Gasteiger partial charge in [-0.2, -0.15) is 5.10 Å². The average molecular weight is 308 g/mol. The van der Waals surface area contributed by atoms with Gasteiger partial charge in [-0.3, -0.25) is 14.9 Å². The van der Waals surface area contributed by atoms with Crippen molar-refractivity contribution in [1.29, 1.82) is 0 Å². The minimum Gasteiger partial charge on any atom is -0.469 e.